The van der Waals surface area contributed by atoms with Gasteiger partial charge in [0.15, 0.2) is 0 Å². The zero-order valence-electron chi connectivity index (χ0n) is 25.8. The van der Waals surface area contributed by atoms with E-state index >= 15 is 0 Å². The van der Waals surface area contributed by atoms with E-state index in [0.717, 1.165) is 49.9 Å². The van der Waals surface area contributed by atoms with Crippen LogP contribution in [0.2, 0.25) is 0 Å². The van der Waals surface area contributed by atoms with Gasteiger partial charge >= 0.3 is 18.2 Å². The second-order valence-electron chi connectivity index (χ2n) is 12.0. The highest BCUT2D eigenvalue weighted by Gasteiger charge is 2.33. The number of benzene rings is 2. The van der Waals surface area contributed by atoms with Crippen LogP contribution in [-0.2, 0) is 17.4 Å². The van der Waals surface area contributed by atoms with Crippen molar-refractivity contribution in [1.29, 1.82) is 0 Å². The molecular weight excluding hydrogens is 591 g/mol. The quantitative estimate of drug-likeness (QED) is 0.322. The van der Waals surface area contributed by atoms with E-state index in [1.807, 2.05) is 6.92 Å². The molecule has 1 fully saturated rings. The van der Waals surface area contributed by atoms with Crippen LogP contribution in [0.5, 0.6) is 5.75 Å². The number of fused-ring (bicyclic) bond motifs is 1. The minimum atomic E-state index is -4.49. The van der Waals surface area contributed by atoms with E-state index in [1.165, 1.54) is 6.42 Å². The number of hydrogen-bond donors (Lipinski definition) is 4. The van der Waals surface area contributed by atoms with Crippen molar-refractivity contribution in [1.82, 2.24) is 15.1 Å². The second-order valence-corrected chi connectivity index (χ2v) is 12.0. The first-order chi connectivity index (χ1) is 21.3. The molecule has 1 aliphatic carbocycles. The van der Waals surface area contributed by atoms with Crippen molar-refractivity contribution in [2.24, 2.45) is 5.92 Å². The molecule has 0 aromatic heterocycles. The summed E-state index contributed by atoms with van der Waals surface area (Å²) in [7, 11) is 1.71. The van der Waals surface area contributed by atoms with Crippen LogP contribution >= 0.6 is 0 Å². The molecule has 1 aliphatic heterocycles. The number of rotatable bonds is 7. The van der Waals surface area contributed by atoms with Crippen LogP contribution in [0.25, 0.3) is 0 Å². The molecule has 4 rings (SSSR count). The van der Waals surface area contributed by atoms with Crippen LogP contribution in [0.3, 0.4) is 0 Å². The van der Waals surface area contributed by atoms with Gasteiger partial charge in [-0.2, -0.15) is 13.2 Å². The number of likely N-dealkylation sites (N-methyl/N-ethyl adjacent to an activating group) is 1. The zero-order valence-corrected chi connectivity index (χ0v) is 25.8. The van der Waals surface area contributed by atoms with E-state index in [2.05, 4.69) is 16.0 Å². The van der Waals surface area contributed by atoms with Gasteiger partial charge in [-0.3, -0.25) is 4.79 Å². The summed E-state index contributed by atoms with van der Waals surface area (Å²) in [5.41, 5.74) is 0.174. The predicted molar refractivity (Wildman–Crippen MR) is 164 cm³/mol. The highest BCUT2D eigenvalue weighted by Crippen LogP contribution is 2.31. The standard InChI is InChI=1S/C32H42F3N5O5/c1-20-17-40(21(2)19-41)29(42)16-22-15-26(37-30(43)36-25-11-9-23(10-12-25)32(33,34)35)13-14-27(22)45-28(20)18-39(3)31(44)38-24-7-5-4-6-8-24/h9-15,20-21,24,28,41H,4-8,16-19H2,1-3H3,(H,38,44)(H2,36,37,43)/t20-,21-,28-/m0/s1. The molecule has 13 heteroatoms. The molecule has 0 saturated heterocycles. The maximum absolute atomic E-state index is 13.5. The van der Waals surface area contributed by atoms with Crippen molar-refractivity contribution in [3.63, 3.8) is 0 Å². The van der Waals surface area contributed by atoms with Crippen LogP contribution < -0.4 is 20.7 Å². The summed E-state index contributed by atoms with van der Waals surface area (Å²) in [4.78, 5) is 42.4. The minimum absolute atomic E-state index is 0.0623. The largest absolute Gasteiger partial charge is 0.488 e. The fourth-order valence-corrected chi connectivity index (χ4v) is 5.65. The number of alkyl halides is 3. The van der Waals surface area contributed by atoms with E-state index in [9.17, 15) is 32.7 Å². The Morgan fingerprint density at radius 1 is 1.07 bits per heavy atom. The van der Waals surface area contributed by atoms with Gasteiger partial charge in [-0.25, -0.2) is 9.59 Å². The minimum Gasteiger partial charge on any atom is -0.488 e. The first-order valence-electron chi connectivity index (χ1n) is 15.3. The topological polar surface area (TPSA) is 123 Å². The summed E-state index contributed by atoms with van der Waals surface area (Å²) < 4.78 is 45.1. The fourth-order valence-electron chi connectivity index (χ4n) is 5.65. The fraction of sp³-hybridized carbons (Fsp3) is 0.531. The van der Waals surface area contributed by atoms with Gasteiger partial charge in [0.25, 0.3) is 0 Å². The van der Waals surface area contributed by atoms with Gasteiger partial charge in [0.1, 0.15) is 11.9 Å². The molecule has 1 heterocycles. The average Bonchev–Trinajstić information content (AvgIpc) is 3.04. The lowest BCUT2D eigenvalue weighted by Crippen LogP contribution is -2.50. The first-order valence-corrected chi connectivity index (χ1v) is 15.3. The summed E-state index contributed by atoms with van der Waals surface area (Å²) in [6, 6.07) is 7.74. The lowest BCUT2D eigenvalue weighted by Gasteiger charge is -2.34. The normalized spacial score (nSPS) is 20.1. The van der Waals surface area contributed by atoms with E-state index in [0.29, 0.717) is 23.5 Å². The van der Waals surface area contributed by atoms with E-state index in [-0.39, 0.29) is 49.2 Å². The summed E-state index contributed by atoms with van der Waals surface area (Å²) in [5, 5.41) is 18.1. The van der Waals surface area contributed by atoms with Crippen molar-refractivity contribution in [2.45, 2.75) is 76.7 Å². The van der Waals surface area contributed by atoms with Gasteiger partial charge in [0.05, 0.1) is 31.2 Å². The summed E-state index contributed by atoms with van der Waals surface area (Å²) >= 11 is 0. The molecular formula is C32H42F3N5O5. The summed E-state index contributed by atoms with van der Waals surface area (Å²) in [5.74, 6) is -0.0108. The smallest absolute Gasteiger partial charge is 0.416 e. The zero-order chi connectivity index (χ0) is 32.7. The number of carbonyl (C=O) groups is 3. The SMILES string of the molecule is C[C@H]1CN([C@@H](C)CO)C(=O)Cc2cc(NC(=O)Nc3ccc(C(F)(F)F)cc3)ccc2O[C@H]1CN(C)C(=O)NC1CCCCC1. The Morgan fingerprint density at radius 3 is 2.36 bits per heavy atom. The Balaban J connectivity index is 1.51. The van der Waals surface area contributed by atoms with Crippen molar-refractivity contribution < 1.29 is 37.4 Å². The van der Waals surface area contributed by atoms with Crippen LogP contribution in [-0.4, -0.2) is 77.8 Å². The van der Waals surface area contributed by atoms with Gasteiger partial charge in [0, 0.05) is 42.5 Å². The number of aliphatic hydroxyl groups is 1. The number of ether oxygens (including phenoxy) is 1. The Bertz CT molecular complexity index is 1330. The molecule has 0 spiro atoms. The van der Waals surface area contributed by atoms with E-state index in [4.69, 9.17) is 4.74 Å². The number of carbonyl (C=O) groups excluding carboxylic acids is 3. The number of aliphatic hydroxyl groups excluding tert-OH is 1. The highest BCUT2D eigenvalue weighted by atomic mass is 19.4. The number of halogens is 3. The summed E-state index contributed by atoms with van der Waals surface area (Å²) in [6.07, 6.45) is 0.231. The third kappa shape index (κ3) is 9.25. The van der Waals surface area contributed by atoms with Gasteiger partial charge < -0.3 is 35.6 Å². The van der Waals surface area contributed by atoms with E-state index < -0.39 is 29.9 Å². The highest BCUT2D eigenvalue weighted by molar-refractivity contribution is 6.00. The lowest BCUT2D eigenvalue weighted by atomic mass is 9.96. The van der Waals surface area contributed by atoms with Gasteiger partial charge in [-0.15, -0.1) is 0 Å². The predicted octanol–water partition coefficient (Wildman–Crippen LogP) is 5.47. The van der Waals surface area contributed by atoms with Crippen molar-refractivity contribution in [3.05, 3.63) is 53.6 Å². The average molecular weight is 634 g/mol. The van der Waals surface area contributed by atoms with Crippen LogP contribution in [0, 0.1) is 5.92 Å². The number of urea groups is 2. The lowest BCUT2D eigenvalue weighted by molar-refractivity contribution is -0.137. The molecule has 2 aromatic rings. The molecule has 5 amide bonds. The Kier molecular flexibility index (Phi) is 11.2. The molecule has 4 N–H and O–H groups in total. The Morgan fingerprint density at radius 2 is 1.71 bits per heavy atom. The van der Waals surface area contributed by atoms with Crippen molar-refractivity contribution in [3.8, 4) is 5.75 Å². The molecule has 2 aliphatic rings. The Labute approximate surface area is 261 Å². The van der Waals surface area contributed by atoms with Crippen molar-refractivity contribution in [2.75, 3.05) is 37.4 Å². The van der Waals surface area contributed by atoms with Crippen LogP contribution in [0.15, 0.2) is 42.5 Å². The first kappa shape index (κ1) is 33.9. The third-order valence-corrected chi connectivity index (χ3v) is 8.38. The molecule has 10 nitrogen and oxygen atoms in total. The number of anilines is 2. The Hall–Kier alpha value is -4.00. The summed E-state index contributed by atoms with van der Waals surface area (Å²) in [6.45, 7) is 4.02. The molecule has 0 unspecified atom stereocenters. The van der Waals surface area contributed by atoms with E-state index in [1.54, 1.807) is 42.0 Å². The monoisotopic (exact) mass is 633 g/mol. The number of nitrogens with one attached hydrogen (secondary N) is 3. The molecule has 45 heavy (non-hydrogen) atoms. The third-order valence-electron chi connectivity index (χ3n) is 8.38. The molecule has 2 aromatic carbocycles. The molecule has 1 saturated carbocycles. The second kappa shape index (κ2) is 14.9. The van der Waals surface area contributed by atoms with Gasteiger partial charge in [-0.1, -0.05) is 26.2 Å². The van der Waals surface area contributed by atoms with Gasteiger partial charge in [-0.05, 0) is 62.2 Å². The molecule has 0 bridgehead atoms. The number of hydrogen-bond acceptors (Lipinski definition) is 5. The van der Waals surface area contributed by atoms with Crippen LogP contribution in [0.1, 0.15) is 57.1 Å². The van der Waals surface area contributed by atoms with Gasteiger partial charge in [0.2, 0.25) is 5.91 Å². The maximum Gasteiger partial charge on any atom is 0.416 e. The van der Waals surface area contributed by atoms with Crippen LogP contribution in [0.4, 0.5) is 34.1 Å². The molecule has 246 valence electrons. The number of nitrogens with zero attached hydrogens (tertiary/aromatic N) is 2. The molecule has 3 atom stereocenters. The molecule has 0 radical (unpaired) electrons. The maximum atomic E-state index is 13.5. The number of amides is 5. The van der Waals surface area contributed by atoms with Crippen molar-refractivity contribution >= 4 is 29.3 Å².